The Morgan fingerprint density at radius 2 is 1.35 bits per heavy atom. The van der Waals surface area contributed by atoms with Gasteiger partial charge >= 0.3 is 0 Å². The van der Waals surface area contributed by atoms with Gasteiger partial charge in [-0.2, -0.15) is 0 Å². The molecule has 10 N–H and O–H groups in total. The van der Waals surface area contributed by atoms with Crippen molar-refractivity contribution >= 4 is 11.0 Å². The van der Waals surface area contributed by atoms with Gasteiger partial charge in [0.25, 0.3) is 0 Å². The van der Waals surface area contributed by atoms with E-state index in [0.717, 1.165) is 24.3 Å². The summed E-state index contributed by atoms with van der Waals surface area (Å²) in [5, 5.41) is 101. The highest BCUT2D eigenvalue weighted by atomic mass is 16.7. The Labute approximate surface area is 241 Å². The molecule has 0 aliphatic carbocycles. The van der Waals surface area contributed by atoms with Crippen LogP contribution in [0.5, 0.6) is 28.7 Å². The Morgan fingerprint density at radius 1 is 0.721 bits per heavy atom. The number of benzene rings is 2. The van der Waals surface area contributed by atoms with Crippen LogP contribution in [0.4, 0.5) is 0 Å². The summed E-state index contributed by atoms with van der Waals surface area (Å²) in [6, 6.07) is 5.22. The molecule has 2 aliphatic heterocycles. The predicted octanol–water partition coefficient (Wildman–Crippen LogP) is -1.69. The summed E-state index contributed by atoms with van der Waals surface area (Å²) in [5.74, 6) is -3.38. The average molecular weight is 611 g/mol. The molecule has 10 atom stereocenters. The molecule has 2 fully saturated rings. The summed E-state index contributed by atoms with van der Waals surface area (Å²) in [4.78, 5) is 13.6. The van der Waals surface area contributed by atoms with E-state index in [1.54, 1.807) is 0 Å². The van der Waals surface area contributed by atoms with Crippen molar-refractivity contribution in [3.8, 4) is 40.1 Å². The molecule has 2 saturated heterocycles. The molecular weight excluding hydrogens is 580 g/mol. The fourth-order valence-corrected chi connectivity index (χ4v) is 4.77. The third kappa shape index (κ3) is 5.67. The molecule has 16 nitrogen and oxygen atoms in total. The van der Waals surface area contributed by atoms with E-state index in [-0.39, 0.29) is 22.3 Å². The van der Waals surface area contributed by atoms with E-state index in [1.807, 2.05) is 0 Å². The van der Waals surface area contributed by atoms with Gasteiger partial charge in [-0.3, -0.25) is 4.79 Å². The summed E-state index contributed by atoms with van der Waals surface area (Å²) >= 11 is 0. The van der Waals surface area contributed by atoms with Crippen molar-refractivity contribution in [1.29, 1.82) is 0 Å². The van der Waals surface area contributed by atoms with Gasteiger partial charge < -0.3 is 74.4 Å². The molecule has 16 heteroatoms. The van der Waals surface area contributed by atoms with Crippen molar-refractivity contribution < 1.29 is 74.4 Å². The van der Waals surface area contributed by atoms with Gasteiger partial charge in [-0.1, -0.05) is 0 Å². The van der Waals surface area contributed by atoms with Gasteiger partial charge in [-0.15, -0.1) is 0 Å². The maximum atomic E-state index is 13.6. The highest BCUT2D eigenvalue weighted by Gasteiger charge is 2.47. The van der Waals surface area contributed by atoms with Gasteiger partial charge in [-0.25, -0.2) is 0 Å². The van der Waals surface area contributed by atoms with Crippen molar-refractivity contribution in [3.05, 3.63) is 40.6 Å². The summed E-state index contributed by atoms with van der Waals surface area (Å²) in [5.41, 5.74) is -1.17. The second kappa shape index (κ2) is 11.8. The maximum Gasteiger partial charge on any atom is 0.235 e. The molecule has 2 aliphatic rings. The van der Waals surface area contributed by atoms with Crippen molar-refractivity contribution in [1.82, 2.24) is 0 Å². The Morgan fingerprint density at radius 3 is 2.05 bits per heavy atom. The molecule has 3 aromatic rings. The van der Waals surface area contributed by atoms with E-state index in [1.165, 1.54) is 13.0 Å². The zero-order valence-corrected chi connectivity index (χ0v) is 22.3. The number of fused-ring (bicyclic) bond motifs is 1. The summed E-state index contributed by atoms with van der Waals surface area (Å²) in [6.45, 7) is 0.827. The SMILES string of the molecule is C[C@@H]1O[C@@H](OC[C@H]2O[C@@H](Oc3c(-c4ccc(O)c(O)c4)oc4cc(O)c(O)cc4c3=O)[C@H](O)[C@@H](O)[C@@H]2O)[C@H](O)[C@H](O)[C@H]1O. The van der Waals surface area contributed by atoms with Crippen LogP contribution in [0.1, 0.15) is 6.92 Å². The molecule has 0 bridgehead atoms. The number of phenolic OH excluding ortho intramolecular Hbond substituents is 4. The van der Waals surface area contributed by atoms with E-state index in [4.69, 9.17) is 23.4 Å². The van der Waals surface area contributed by atoms with Gasteiger partial charge in [0.2, 0.25) is 17.5 Å². The number of hydrogen-bond acceptors (Lipinski definition) is 16. The monoisotopic (exact) mass is 610 g/mol. The quantitative estimate of drug-likeness (QED) is 0.140. The fraction of sp³-hybridized carbons (Fsp3) is 0.444. The lowest BCUT2D eigenvalue weighted by molar-refractivity contribution is -0.318. The largest absolute Gasteiger partial charge is 0.504 e. The van der Waals surface area contributed by atoms with Crippen LogP contribution in [-0.4, -0.2) is 119 Å². The molecular formula is C27H30O16. The molecule has 5 rings (SSSR count). The Kier molecular flexibility index (Phi) is 8.41. The molecule has 0 amide bonds. The molecule has 0 saturated carbocycles. The van der Waals surface area contributed by atoms with E-state index in [9.17, 15) is 55.9 Å². The molecule has 2 aromatic carbocycles. The molecule has 3 heterocycles. The maximum absolute atomic E-state index is 13.6. The molecule has 0 spiro atoms. The number of rotatable bonds is 6. The average Bonchev–Trinajstić information content (AvgIpc) is 2.97. The number of aromatic hydroxyl groups is 4. The van der Waals surface area contributed by atoms with Crippen LogP contribution in [0.2, 0.25) is 0 Å². The van der Waals surface area contributed by atoms with Crippen LogP contribution in [-0.2, 0) is 14.2 Å². The smallest absolute Gasteiger partial charge is 0.235 e. The van der Waals surface area contributed by atoms with Gasteiger partial charge in [0, 0.05) is 11.6 Å². The lowest BCUT2D eigenvalue weighted by Gasteiger charge is -2.42. The zero-order chi connectivity index (χ0) is 31.3. The van der Waals surface area contributed by atoms with E-state index in [0.29, 0.717) is 0 Å². The first-order valence-corrected chi connectivity index (χ1v) is 13.0. The summed E-state index contributed by atoms with van der Waals surface area (Å²) < 4.78 is 27.9. The van der Waals surface area contributed by atoms with Crippen molar-refractivity contribution in [2.24, 2.45) is 0 Å². The summed E-state index contributed by atoms with van der Waals surface area (Å²) in [6.07, 6.45) is -16.1. The van der Waals surface area contributed by atoms with E-state index in [2.05, 4.69) is 0 Å². The number of phenols is 4. The van der Waals surface area contributed by atoms with Gasteiger partial charge in [-0.05, 0) is 31.2 Å². The minimum absolute atomic E-state index is 0.0130. The van der Waals surface area contributed by atoms with Crippen molar-refractivity contribution in [2.75, 3.05) is 6.61 Å². The van der Waals surface area contributed by atoms with Crippen LogP contribution >= 0.6 is 0 Å². The third-order valence-electron chi connectivity index (χ3n) is 7.32. The topological polar surface area (TPSA) is 269 Å². The predicted molar refractivity (Wildman–Crippen MR) is 140 cm³/mol. The molecule has 234 valence electrons. The Balaban J connectivity index is 1.47. The minimum atomic E-state index is -1.95. The minimum Gasteiger partial charge on any atom is -0.504 e. The van der Waals surface area contributed by atoms with Crippen LogP contribution < -0.4 is 10.2 Å². The lowest BCUT2D eigenvalue weighted by atomic mass is 9.98. The Hall–Kier alpha value is -3.71. The second-order valence-corrected chi connectivity index (χ2v) is 10.3. The van der Waals surface area contributed by atoms with E-state index < -0.39 is 102 Å². The van der Waals surface area contributed by atoms with Crippen LogP contribution in [0.25, 0.3) is 22.3 Å². The second-order valence-electron chi connectivity index (χ2n) is 10.3. The highest BCUT2D eigenvalue weighted by molar-refractivity contribution is 5.85. The first-order chi connectivity index (χ1) is 20.3. The number of aliphatic hydroxyl groups is 6. The van der Waals surface area contributed by atoms with Crippen molar-refractivity contribution in [2.45, 2.75) is 68.3 Å². The van der Waals surface area contributed by atoms with Crippen LogP contribution in [0.15, 0.2) is 39.5 Å². The van der Waals surface area contributed by atoms with Gasteiger partial charge in [0.1, 0.15) is 48.3 Å². The number of hydrogen-bond donors (Lipinski definition) is 10. The summed E-state index contributed by atoms with van der Waals surface area (Å²) in [7, 11) is 0. The Bertz CT molecular complexity index is 1540. The third-order valence-corrected chi connectivity index (χ3v) is 7.32. The fourth-order valence-electron chi connectivity index (χ4n) is 4.77. The zero-order valence-electron chi connectivity index (χ0n) is 22.3. The van der Waals surface area contributed by atoms with Gasteiger partial charge in [0.15, 0.2) is 35.0 Å². The molecule has 0 unspecified atom stereocenters. The first kappa shape index (κ1) is 30.7. The van der Waals surface area contributed by atoms with Crippen molar-refractivity contribution in [3.63, 3.8) is 0 Å². The molecule has 43 heavy (non-hydrogen) atoms. The number of aliphatic hydroxyl groups excluding tert-OH is 6. The first-order valence-electron chi connectivity index (χ1n) is 13.0. The number of ether oxygens (including phenoxy) is 4. The lowest BCUT2D eigenvalue weighted by Crippen LogP contribution is -2.61. The molecule has 0 radical (unpaired) electrons. The van der Waals surface area contributed by atoms with Crippen LogP contribution in [0.3, 0.4) is 0 Å². The standard InChI is InChI=1S/C27H30O16/c1-8-17(32)20(35)22(37)26(40-8)39-7-16-19(34)21(36)23(38)27(42-16)43-25-18(33)10-5-13(30)14(31)6-15(10)41-24(25)9-2-3-11(28)12(29)4-9/h2-6,8,16-17,19-23,26-32,34-38H,7H2,1H3/t8-,16+,17-,19+,20+,21-,22+,23+,26+,27-/m0/s1. The van der Waals surface area contributed by atoms with Crippen LogP contribution in [0, 0.1) is 0 Å². The molecule has 1 aromatic heterocycles. The highest BCUT2D eigenvalue weighted by Crippen LogP contribution is 2.39. The van der Waals surface area contributed by atoms with Gasteiger partial charge in [0.05, 0.1) is 18.1 Å². The van der Waals surface area contributed by atoms with E-state index >= 15 is 0 Å². The normalized spacial score (nSPS) is 33.0.